The topological polar surface area (TPSA) is 66.3 Å². The zero-order chi connectivity index (χ0) is 12.3. The third-order valence-corrected chi connectivity index (χ3v) is 3.90. The van der Waals surface area contributed by atoms with Crippen molar-refractivity contribution in [3.8, 4) is 0 Å². The summed E-state index contributed by atoms with van der Waals surface area (Å²) in [5.74, 6) is 2.58. The van der Waals surface area contributed by atoms with Crippen LogP contribution in [-0.4, -0.2) is 45.6 Å². The zero-order valence-corrected chi connectivity index (χ0v) is 10.5. The Kier molecular flexibility index (Phi) is 3.83. The van der Waals surface area contributed by atoms with Crippen molar-refractivity contribution in [2.45, 2.75) is 6.92 Å². The normalized spacial score (nSPS) is 21.0. The van der Waals surface area contributed by atoms with E-state index in [1.807, 2.05) is 11.8 Å². The molecule has 5 nitrogen and oxygen atoms in total. The first kappa shape index (κ1) is 12.2. The maximum atomic E-state index is 10.7. The van der Waals surface area contributed by atoms with Crippen molar-refractivity contribution in [3.63, 3.8) is 0 Å². The van der Waals surface area contributed by atoms with E-state index in [0.29, 0.717) is 5.92 Å². The van der Waals surface area contributed by atoms with E-state index >= 15 is 0 Å². The summed E-state index contributed by atoms with van der Waals surface area (Å²) in [6.45, 7) is 4.11. The minimum absolute atomic E-state index is 0.00834. The van der Waals surface area contributed by atoms with E-state index < -0.39 is 5.97 Å². The van der Waals surface area contributed by atoms with Crippen LogP contribution >= 0.6 is 11.8 Å². The van der Waals surface area contributed by atoms with Gasteiger partial charge in [0.05, 0.1) is 12.4 Å². The number of nitrogens with zero attached hydrogens (tertiary/aromatic N) is 3. The highest BCUT2D eigenvalue weighted by Gasteiger charge is 2.17. The average molecular weight is 253 g/mol. The molecule has 0 bridgehead atoms. The number of hydrogen-bond donors (Lipinski definition) is 1. The Hall–Kier alpha value is -1.30. The van der Waals surface area contributed by atoms with Crippen LogP contribution in [-0.2, 0) is 0 Å². The van der Waals surface area contributed by atoms with Gasteiger partial charge in [0.25, 0.3) is 0 Å². The largest absolute Gasteiger partial charge is 0.476 e. The van der Waals surface area contributed by atoms with Gasteiger partial charge in [-0.05, 0) is 11.7 Å². The fourth-order valence-electron chi connectivity index (χ4n) is 1.78. The Morgan fingerprint density at radius 2 is 2.35 bits per heavy atom. The lowest BCUT2D eigenvalue weighted by Crippen LogP contribution is -2.29. The maximum Gasteiger partial charge on any atom is 0.356 e. The summed E-state index contributed by atoms with van der Waals surface area (Å²) in [7, 11) is 0. The van der Waals surface area contributed by atoms with Crippen LogP contribution in [0.5, 0.6) is 0 Å². The molecule has 6 heteroatoms. The summed E-state index contributed by atoms with van der Waals surface area (Å²) in [6, 6.07) is 0. The summed E-state index contributed by atoms with van der Waals surface area (Å²) in [5, 5.41) is 8.75. The Bertz CT molecular complexity index is 396. The first-order chi connectivity index (χ1) is 8.16. The van der Waals surface area contributed by atoms with Crippen molar-refractivity contribution in [1.29, 1.82) is 0 Å². The second-order valence-corrected chi connectivity index (χ2v) is 5.34. The van der Waals surface area contributed by atoms with Crippen molar-refractivity contribution in [1.82, 2.24) is 9.97 Å². The molecule has 1 fully saturated rings. The maximum absolute atomic E-state index is 10.7. The molecule has 1 unspecified atom stereocenters. The lowest BCUT2D eigenvalue weighted by molar-refractivity contribution is 0.0690. The number of anilines is 1. The van der Waals surface area contributed by atoms with Gasteiger partial charge in [0.15, 0.2) is 5.69 Å². The van der Waals surface area contributed by atoms with Gasteiger partial charge in [0, 0.05) is 18.8 Å². The molecule has 1 aliphatic heterocycles. The van der Waals surface area contributed by atoms with Gasteiger partial charge in [0.1, 0.15) is 5.82 Å². The summed E-state index contributed by atoms with van der Waals surface area (Å²) in [5.41, 5.74) is -0.00834. The minimum Gasteiger partial charge on any atom is -0.476 e. The molecule has 0 aromatic carbocycles. The van der Waals surface area contributed by atoms with Gasteiger partial charge in [-0.15, -0.1) is 0 Å². The van der Waals surface area contributed by atoms with E-state index in [1.165, 1.54) is 6.20 Å². The molecule has 17 heavy (non-hydrogen) atoms. The standard InChI is InChI=1S/C11H15N3O2S/c1-8-6-14(2-3-17-7-8)10-5-12-9(4-13-10)11(15)16/h4-5,8H,2-3,6-7H2,1H3,(H,15,16). The SMILES string of the molecule is CC1CSCCN(c2cnc(C(=O)O)cn2)C1. The third kappa shape index (κ3) is 3.09. The highest BCUT2D eigenvalue weighted by Crippen LogP contribution is 2.19. The lowest BCUT2D eigenvalue weighted by atomic mass is 10.2. The van der Waals surface area contributed by atoms with Gasteiger partial charge in [-0.25, -0.2) is 14.8 Å². The lowest BCUT2D eigenvalue weighted by Gasteiger charge is -2.22. The second-order valence-electron chi connectivity index (χ2n) is 4.19. The number of aromatic nitrogens is 2. The van der Waals surface area contributed by atoms with Crippen molar-refractivity contribution in [2.75, 3.05) is 29.5 Å². The molecule has 1 atom stereocenters. The number of carbonyl (C=O) groups is 1. The number of rotatable bonds is 2. The van der Waals surface area contributed by atoms with Crippen molar-refractivity contribution >= 4 is 23.5 Å². The van der Waals surface area contributed by atoms with Crippen LogP contribution in [0.25, 0.3) is 0 Å². The molecular formula is C11H15N3O2S. The van der Waals surface area contributed by atoms with Crippen LogP contribution < -0.4 is 4.90 Å². The Morgan fingerprint density at radius 1 is 1.53 bits per heavy atom. The molecule has 1 aromatic heterocycles. The first-order valence-corrected chi connectivity index (χ1v) is 6.70. The van der Waals surface area contributed by atoms with Crippen LogP contribution in [0.2, 0.25) is 0 Å². The van der Waals surface area contributed by atoms with Crippen molar-refractivity contribution in [3.05, 3.63) is 18.1 Å². The van der Waals surface area contributed by atoms with Crippen molar-refractivity contribution < 1.29 is 9.90 Å². The van der Waals surface area contributed by atoms with E-state index in [-0.39, 0.29) is 5.69 Å². The van der Waals surface area contributed by atoms with Crippen LogP contribution in [0.4, 0.5) is 5.82 Å². The predicted molar refractivity (Wildman–Crippen MR) is 67.7 cm³/mol. The fraction of sp³-hybridized carbons (Fsp3) is 0.545. The van der Waals surface area contributed by atoms with E-state index in [1.54, 1.807) is 6.20 Å². The summed E-state index contributed by atoms with van der Waals surface area (Å²) < 4.78 is 0. The Balaban J connectivity index is 2.12. The van der Waals surface area contributed by atoms with Gasteiger partial charge >= 0.3 is 5.97 Å². The van der Waals surface area contributed by atoms with Crippen LogP contribution in [0.1, 0.15) is 17.4 Å². The van der Waals surface area contributed by atoms with E-state index in [9.17, 15) is 4.79 Å². The van der Waals surface area contributed by atoms with Gasteiger partial charge in [-0.2, -0.15) is 11.8 Å². The summed E-state index contributed by atoms with van der Waals surface area (Å²) in [4.78, 5) is 20.9. The molecule has 2 heterocycles. The molecule has 0 amide bonds. The van der Waals surface area contributed by atoms with E-state index in [0.717, 1.165) is 30.4 Å². The third-order valence-electron chi connectivity index (χ3n) is 2.62. The highest BCUT2D eigenvalue weighted by molar-refractivity contribution is 7.99. The van der Waals surface area contributed by atoms with Crippen LogP contribution in [0.3, 0.4) is 0 Å². The summed E-state index contributed by atoms with van der Waals surface area (Å²) >= 11 is 1.95. The Labute approximate surface area is 104 Å². The number of hydrogen-bond acceptors (Lipinski definition) is 5. The first-order valence-electron chi connectivity index (χ1n) is 5.55. The zero-order valence-electron chi connectivity index (χ0n) is 9.67. The molecule has 2 rings (SSSR count). The van der Waals surface area contributed by atoms with E-state index in [4.69, 9.17) is 5.11 Å². The molecule has 0 radical (unpaired) electrons. The molecule has 92 valence electrons. The molecule has 0 saturated carbocycles. The molecule has 1 aliphatic rings. The van der Waals surface area contributed by atoms with Crippen LogP contribution in [0, 0.1) is 5.92 Å². The molecule has 1 N–H and O–H groups in total. The number of aromatic carboxylic acids is 1. The quantitative estimate of drug-likeness (QED) is 0.858. The highest BCUT2D eigenvalue weighted by atomic mass is 32.2. The predicted octanol–water partition coefficient (Wildman–Crippen LogP) is 1.36. The van der Waals surface area contributed by atoms with Gasteiger partial charge in [-0.1, -0.05) is 6.92 Å². The number of carboxylic acid groups (broad SMARTS) is 1. The molecular weight excluding hydrogens is 238 g/mol. The smallest absolute Gasteiger partial charge is 0.356 e. The molecule has 0 aliphatic carbocycles. The number of thioether (sulfide) groups is 1. The van der Waals surface area contributed by atoms with Crippen molar-refractivity contribution in [2.24, 2.45) is 5.92 Å². The van der Waals surface area contributed by atoms with Crippen LogP contribution in [0.15, 0.2) is 12.4 Å². The monoisotopic (exact) mass is 253 g/mol. The molecule has 0 spiro atoms. The minimum atomic E-state index is -1.04. The Morgan fingerprint density at radius 3 is 3.00 bits per heavy atom. The second kappa shape index (κ2) is 5.35. The molecule has 1 saturated heterocycles. The summed E-state index contributed by atoms with van der Waals surface area (Å²) in [6.07, 6.45) is 2.87. The number of carboxylic acids is 1. The average Bonchev–Trinajstić information content (AvgIpc) is 2.54. The fourth-order valence-corrected chi connectivity index (χ4v) is 2.81. The van der Waals surface area contributed by atoms with Gasteiger partial charge in [-0.3, -0.25) is 0 Å². The van der Waals surface area contributed by atoms with Gasteiger partial charge in [0.2, 0.25) is 0 Å². The van der Waals surface area contributed by atoms with Gasteiger partial charge < -0.3 is 10.0 Å². The van der Waals surface area contributed by atoms with E-state index in [2.05, 4.69) is 21.8 Å². The molecule has 1 aromatic rings.